The topological polar surface area (TPSA) is 98.7 Å². The number of carbonyl (C=O) groups excluding carboxylic acids is 1. The normalized spacial score (nSPS) is 10.8. The molecular formula is C16H18N6O2S. The highest BCUT2D eigenvalue weighted by Gasteiger charge is 2.15. The molecule has 3 aromatic heterocycles. The van der Waals surface area contributed by atoms with Crippen molar-refractivity contribution >= 4 is 23.5 Å². The number of carbonyl (C=O) groups is 1. The zero-order valence-electron chi connectivity index (χ0n) is 14.0. The molecule has 0 radical (unpaired) electrons. The Morgan fingerprint density at radius 1 is 1.32 bits per heavy atom. The van der Waals surface area contributed by atoms with Crippen LogP contribution in [-0.4, -0.2) is 36.6 Å². The molecule has 1 N–H and O–H groups in total. The number of nitrogens with zero attached hydrogens (tertiary/aromatic N) is 5. The van der Waals surface area contributed by atoms with Gasteiger partial charge in [-0.2, -0.15) is 0 Å². The molecule has 0 fully saturated rings. The Labute approximate surface area is 149 Å². The van der Waals surface area contributed by atoms with Gasteiger partial charge in [0.2, 0.25) is 5.91 Å². The van der Waals surface area contributed by atoms with E-state index in [0.717, 1.165) is 24.4 Å². The van der Waals surface area contributed by atoms with Crippen LogP contribution < -0.4 is 5.32 Å². The molecule has 130 valence electrons. The van der Waals surface area contributed by atoms with Crippen LogP contribution in [0.25, 0.3) is 11.4 Å². The molecule has 0 spiro atoms. The molecule has 9 heteroatoms. The second kappa shape index (κ2) is 7.93. The van der Waals surface area contributed by atoms with E-state index in [1.54, 1.807) is 25.4 Å². The number of hydrogen-bond donors (Lipinski definition) is 1. The van der Waals surface area contributed by atoms with Crippen LogP contribution in [0, 0.1) is 6.92 Å². The summed E-state index contributed by atoms with van der Waals surface area (Å²) in [5, 5.41) is 15.7. The van der Waals surface area contributed by atoms with Crippen molar-refractivity contribution in [3.63, 3.8) is 0 Å². The SMILES string of the molecule is CCCn1c(SCC(=O)Nc2cc(C)on2)nnc1-c1ccncc1. The van der Waals surface area contributed by atoms with Crippen molar-refractivity contribution in [1.29, 1.82) is 0 Å². The highest BCUT2D eigenvalue weighted by Crippen LogP contribution is 2.24. The molecule has 0 saturated heterocycles. The molecule has 0 bridgehead atoms. The first-order valence-electron chi connectivity index (χ1n) is 7.87. The molecule has 0 atom stereocenters. The number of pyridine rings is 1. The fraction of sp³-hybridized carbons (Fsp3) is 0.312. The van der Waals surface area contributed by atoms with Crippen LogP contribution in [0.1, 0.15) is 19.1 Å². The molecule has 0 aliphatic rings. The number of thioether (sulfide) groups is 1. The maximum absolute atomic E-state index is 12.1. The Morgan fingerprint density at radius 2 is 2.12 bits per heavy atom. The van der Waals surface area contributed by atoms with Crippen molar-refractivity contribution in [3.8, 4) is 11.4 Å². The Bertz CT molecular complexity index is 845. The van der Waals surface area contributed by atoms with Crippen LogP contribution in [-0.2, 0) is 11.3 Å². The Kier molecular flexibility index (Phi) is 5.44. The molecule has 25 heavy (non-hydrogen) atoms. The minimum absolute atomic E-state index is 0.171. The number of nitrogens with one attached hydrogen (secondary N) is 1. The molecule has 0 aromatic carbocycles. The van der Waals surface area contributed by atoms with Gasteiger partial charge in [-0.15, -0.1) is 10.2 Å². The number of rotatable bonds is 7. The van der Waals surface area contributed by atoms with Crippen molar-refractivity contribution in [3.05, 3.63) is 36.4 Å². The third kappa shape index (κ3) is 4.24. The lowest BCUT2D eigenvalue weighted by atomic mass is 10.2. The summed E-state index contributed by atoms with van der Waals surface area (Å²) in [6.45, 7) is 4.63. The monoisotopic (exact) mass is 358 g/mol. The van der Waals surface area contributed by atoms with Gasteiger partial charge < -0.3 is 14.4 Å². The molecule has 3 rings (SSSR count). The van der Waals surface area contributed by atoms with E-state index in [0.29, 0.717) is 16.7 Å². The van der Waals surface area contributed by atoms with E-state index in [2.05, 4.69) is 32.6 Å². The molecule has 0 saturated carbocycles. The third-order valence-electron chi connectivity index (χ3n) is 3.33. The lowest BCUT2D eigenvalue weighted by Gasteiger charge is -2.08. The van der Waals surface area contributed by atoms with E-state index in [9.17, 15) is 4.79 Å². The quantitative estimate of drug-likeness (QED) is 0.648. The summed E-state index contributed by atoms with van der Waals surface area (Å²) in [5.41, 5.74) is 0.949. The largest absolute Gasteiger partial charge is 0.360 e. The summed E-state index contributed by atoms with van der Waals surface area (Å²) < 4.78 is 6.95. The van der Waals surface area contributed by atoms with Gasteiger partial charge in [0, 0.05) is 30.6 Å². The zero-order chi connectivity index (χ0) is 17.6. The van der Waals surface area contributed by atoms with E-state index in [1.165, 1.54) is 11.8 Å². The van der Waals surface area contributed by atoms with Gasteiger partial charge in [-0.05, 0) is 25.5 Å². The summed E-state index contributed by atoms with van der Waals surface area (Å²) in [5.74, 6) is 1.88. The molecular weight excluding hydrogens is 340 g/mol. The molecule has 0 aliphatic carbocycles. The molecule has 3 aromatic rings. The average Bonchev–Trinajstić information content (AvgIpc) is 3.20. The first-order valence-corrected chi connectivity index (χ1v) is 8.85. The Balaban J connectivity index is 1.69. The minimum Gasteiger partial charge on any atom is -0.360 e. The van der Waals surface area contributed by atoms with Crippen molar-refractivity contribution in [2.45, 2.75) is 32.0 Å². The van der Waals surface area contributed by atoms with Crippen molar-refractivity contribution in [1.82, 2.24) is 24.9 Å². The molecule has 8 nitrogen and oxygen atoms in total. The second-order valence-corrected chi connectivity index (χ2v) is 6.30. The summed E-state index contributed by atoms with van der Waals surface area (Å²) in [6, 6.07) is 5.46. The van der Waals surface area contributed by atoms with Gasteiger partial charge in [0.1, 0.15) is 5.76 Å². The lowest BCUT2D eigenvalue weighted by Crippen LogP contribution is -2.15. The van der Waals surface area contributed by atoms with Crippen molar-refractivity contribution in [2.75, 3.05) is 11.1 Å². The van der Waals surface area contributed by atoms with Gasteiger partial charge in [-0.3, -0.25) is 9.78 Å². The number of hydrogen-bond acceptors (Lipinski definition) is 7. The van der Waals surface area contributed by atoms with Crippen LogP contribution in [0.2, 0.25) is 0 Å². The van der Waals surface area contributed by atoms with Crippen LogP contribution in [0.3, 0.4) is 0 Å². The Morgan fingerprint density at radius 3 is 2.80 bits per heavy atom. The molecule has 3 heterocycles. The van der Waals surface area contributed by atoms with Gasteiger partial charge in [-0.1, -0.05) is 23.8 Å². The first-order chi connectivity index (χ1) is 12.2. The average molecular weight is 358 g/mol. The van der Waals surface area contributed by atoms with E-state index >= 15 is 0 Å². The zero-order valence-corrected chi connectivity index (χ0v) is 14.8. The van der Waals surface area contributed by atoms with Gasteiger partial charge in [0.15, 0.2) is 16.8 Å². The highest BCUT2D eigenvalue weighted by molar-refractivity contribution is 7.99. The highest BCUT2D eigenvalue weighted by atomic mass is 32.2. The summed E-state index contributed by atoms with van der Waals surface area (Å²) >= 11 is 1.34. The van der Waals surface area contributed by atoms with Crippen LogP contribution >= 0.6 is 11.8 Å². The van der Waals surface area contributed by atoms with Crippen LogP contribution in [0.5, 0.6) is 0 Å². The minimum atomic E-state index is -0.171. The number of anilines is 1. The third-order valence-corrected chi connectivity index (χ3v) is 4.30. The van der Waals surface area contributed by atoms with Crippen molar-refractivity contribution < 1.29 is 9.32 Å². The van der Waals surface area contributed by atoms with Gasteiger partial charge >= 0.3 is 0 Å². The fourth-order valence-corrected chi connectivity index (χ4v) is 3.03. The molecule has 1 amide bonds. The first kappa shape index (κ1) is 17.2. The molecule has 0 unspecified atom stereocenters. The lowest BCUT2D eigenvalue weighted by molar-refractivity contribution is -0.113. The predicted molar refractivity (Wildman–Crippen MR) is 94.1 cm³/mol. The van der Waals surface area contributed by atoms with Crippen LogP contribution in [0.15, 0.2) is 40.3 Å². The summed E-state index contributed by atoms with van der Waals surface area (Å²) in [7, 11) is 0. The Hall–Kier alpha value is -2.68. The summed E-state index contributed by atoms with van der Waals surface area (Å²) in [6.07, 6.45) is 4.38. The van der Waals surface area contributed by atoms with E-state index in [4.69, 9.17) is 4.52 Å². The number of amides is 1. The van der Waals surface area contributed by atoms with E-state index in [1.807, 2.05) is 16.7 Å². The van der Waals surface area contributed by atoms with Crippen molar-refractivity contribution in [2.24, 2.45) is 0 Å². The second-order valence-electron chi connectivity index (χ2n) is 5.35. The fourth-order valence-electron chi connectivity index (χ4n) is 2.27. The molecule has 0 aliphatic heterocycles. The summed E-state index contributed by atoms with van der Waals surface area (Å²) in [4.78, 5) is 16.1. The van der Waals surface area contributed by atoms with E-state index < -0.39 is 0 Å². The standard InChI is InChI=1S/C16H18N6O2S/c1-3-8-22-15(12-4-6-17-7-5-12)19-20-16(22)25-10-14(23)18-13-9-11(2)24-21-13/h4-7,9H,3,8,10H2,1-2H3,(H,18,21,23). The predicted octanol–water partition coefficient (Wildman–Crippen LogP) is 2.78. The van der Waals surface area contributed by atoms with E-state index in [-0.39, 0.29) is 11.7 Å². The van der Waals surface area contributed by atoms with Gasteiger partial charge in [0.25, 0.3) is 0 Å². The maximum Gasteiger partial charge on any atom is 0.236 e. The number of aromatic nitrogens is 5. The number of aryl methyl sites for hydroxylation is 1. The van der Waals surface area contributed by atoms with Gasteiger partial charge in [-0.25, -0.2) is 0 Å². The van der Waals surface area contributed by atoms with Crippen LogP contribution in [0.4, 0.5) is 5.82 Å². The maximum atomic E-state index is 12.1. The smallest absolute Gasteiger partial charge is 0.236 e. The van der Waals surface area contributed by atoms with Gasteiger partial charge in [0.05, 0.1) is 5.75 Å².